The molecular weight excluding hydrogens is 332 g/mol. The number of fused-ring (bicyclic) bond motifs is 1. The number of benzene rings is 2. The summed E-state index contributed by atoms with van der Waals surface area (Å²) in [6.45, 7) is 1.34. The smallest absolute Gasteiger partial charge is 0.252 e. The molecule has 0 radical (unpaired) electrons. The Morgan fingerprint density at radius 3 is 2.68 bits per heavy atom. The lowest BCUT2D eigenvalue weighted by Crippen LogP contribution is -2.23. The standard InChI is InChI=1S/C20H22N2O2S/c1-22(12-14-8-9-19(25-3)18(10-14)24-2)13-16-11-15-6-4-5-7-17(15)21-20(16)23/h4-11H,12-13H2,1-3H3,(H,21,23). The van der Waals surface area contributed by atoms with Gasteiger partial charge in [-0.25, -0.2) is 0 Å². The summed E-state index contributed by atoms with van der Waals surface area (Å²) < 4.78 is 5.45. The van der Waals surface area contributed by atoms with Gasteiger partial charge in [0.2, 0.25) is 0 Å². The van der Waals surface area contributed by atoms with E-state index in [-0.39, 0.29) is 5.56 Å². The average Bonchev–Trinajstić information content (AvgIpc) is 2.62. The zero-order valence-corrected chi connectivity index (χ0v) is 15.5. The first-order chi connectivity index (χ1) is 12.1. The van der Waals surface area contributed by atoms with Crippen molar-refractivity contribution in [2.45, 2.75) is 18.0 Å². The lowest BCUT2D eigenvalue weighted by Gasteiger charge is -2.18. The second kappa shape index (κ2) is 7.76. The monoisotopic (exact) mass is 354 g/mol. The Hall–Kier alpha value is -2.24. The third kappa shape index (κ3) is 4.06. The van der Waals surface area contributed by atoms with Crippen LogP contribution in [0.15, 0.2) is 58.2 Å². The molecule has 1 aromatic heterocycles. The van der Waals surface area contributed by atoms with Crippen molar-refractivity contribution in [2.75, 3.05) is 20.4 Å². The van der Waals surface area contributed by atoms with Crippen LogP contribution in [0.1, 0.15) is 11.1 Å². The van der Waals surface area contributed by atoms with Crippen molar-refractivity contribution in [1.29, 1.82) is 0 Å². The summed E-state index contributed by atoms with van der Waals surface area (Å²) in [5.41, 5.74) is 2.78. The molecule has 0 atom stereocenters. The zero-order valence-electron chi connectivity index (χ0n) is 14.7. The Morgan fingerprint density at radius 1 is 1.12 bits per heavy atom. The second-order valence-electron chi connectivity index (χ2n) is 6.07. The third-order valence-electron chi connectivity index (χ3n) is 4.17. The van der Waals surface area contributed by atoms with Gasteiger partial charge in [-0.3, -0.25) is 9.69 Å². The first-order valence-corrected chi connectivity index (χ1v) is 9.33. The Morgan fingerprint density at radius 2 is 1.92 bits per heavy atom. The minimum Gasteiger partial charge on any atom is -0.496 e. The van der Waals surface area contributed by atoms with Crippen LogP contribution in [-0.4, -0.2) is 30.3 Å². The van der Waals surface area contributed by atoms with Crippen LogP contribution >= 0.6 is 11.8 Å². The number of thioether (sulfide) groups is 1. The number of aromatic amines is 1. The molecule has 0 aliphatic carbocycles. The quantitative estimate of drug-likeness (QED) is 0.682. The highest BCUT2D eigenvalue weighted by atomic mass is 32.2. The maximum absolute atomic E-state index is 12.3. The molecule has 1 heterocycles. The molecule has 0 aliphatic heterocycles. The summed E-state index contributed by atoms with van der Waals surface area (Å²) >= 11 is 1.67. The molecule has 3 rings (SSSR count). The van der Waals surface area contributed by atoms with Crippen molar-refractivity contribution in [3.63, 3.8) is 0 Å². The summed E-state index contributed by atoms with van der Waals surface area (Å²) in [5, 5.41) is 1.05. The van der Waals surface area contributed by atoms with Crippen LogP contribution in [0.3, 0.4) is 0 Å². The van der Waals surface area contributed by atoms with Crippen molar-refractivity contribution in [2.24, 2.45) is 0 Å². The van der Waals surface area contributed by atoms with Gasteiger partial charge >= 0.3 is 0 Å². The highest BCUT2D eigenvalue weighted by molar-refractivity contribution is 7.98. The van der Waals surface area contributed by atoms with E-state index in [2.05, 4.69) is 28.1 Å². The van der Waals surface area contributed by atoms with Gasteiger partial charge in [0.05, 0.1) is 7.11 Å². The first-order valence-electron chi connectivity index (χ1n) is 8.11. The van der Waals surface area contributed by atoms with Gasteiger partial charge in [-0.05, 0) is 48.5 Å². The first kappa shape index (κ1) is 17.6. The van der Waals surface area contributed by atoms with Crippen LogP contribution in [0.4, 0.5) is 0 Å². The van der Waals surface area contributed by atoms with Gasteiger partial charge in [0.25, 0.3) is 5.56 Å². The summed E-state index contributed by atoms with van der Waals surface area (Å²) in [4.78, 5) is 18.5. The maximum atomic E-state index is 12.3. The molecule has 0 bridgehead atoms. The van der Waals surface area contributed by atoms with Gasteiger partial charge < -0.3 is 9.72 Å². The summed E-state index contributed by atoms with van der Waals surface area (Å²) in [5.74, 6) is 0.891. The summed E-state index contributed by atoms with van der Waals surface area (Å²) in [6.07, 6.45) is 2.04. The molecule has 3 aromatic rings. The van der Waals surface area contributed by atoms with Crippen molar-refractivity contribution in [3.05, 3.63) is 70.0 Å². The van der Waals surface area contributed by atoms with E-state index in [1.54, 1.807) is 18.9 Å². The van der Waals surface area contributed by atoms with Crippen molar-refractivity contribution in [1.82, 2.24) is 9.88 Å². The highest BCUT2D eigenvalue weighted by Crippen LogP contribution is 2.28. The number of methoxy groups -OCH3 is 1. The van der Waals surface area contributed by atoms with Crippen LogP contribution in [0.2, 0.25) is 0 Å². The number of H-pyrrole nitrogens is 1. The predicted molar refractivity (Wildman–Crippen MR) is 105 cm³/mol. The predicted octanol–water partition coefficient (Wildman–Crippen LogP) is 3.89. The Balaban J connectivity index is 1.77. The topological polar surface area (TPSA) is 45.3 Å². The number of rotatable bonds is 6. The lowest BCUT2D eigenvalue weighted by molar-refractivity contribution is 0.316. The minimum absolute atomic E-state index is 0.0270. The number of ether oxygens (including phenoxy) is 1. The van der Waals surface area contributed by atoms with Crippen LogP contribution in [0.5, 0.6) is 5.75 Å². The fourth-order valence-corrected chi connectivity index (χ4v) is 3.49. The molecule has 0 saturated carbocycles. The Kier molecular flexibility index (Phi) is 5.46. The number of para-hydroxylation sites is 1. The van der Waals surface area contributed by atoms with E-state index in [0.29, 0.717) is 6.54 Å². The van der Waals surface area contributed by atoms with Gasteiger partial charge in [-0.1, -0.05) is 24.3 Å². The Bertz CT molecular complexity index is 936. The molecule has 4 nitrogen and oxygen atoms in total. The molecule has 25 heavy (non-hydrogen) atoms. The van der Waals surface area contributed by atoms with Gasteiger partial charge in [0, 0.05) is 29.1 Å². The molecule has 5 heteroatoms. The largest absolute Gasteiger partial charge is 0.496 e. The van der Waals surface area contributed by atoms with E-state index in [1.165, 1.54) is 0 Å². The number of pyridine rings is 1. The molecule has 0 spiro atoms. The van der Waals surface area contributed by atoms with Gasteiger partial charge in [0.15, 0.2) is 0 Å². The maximum Gasteiger partial charge on any atom is 0.252 e. The average molecular weight is 354 g/mol. The normalized spacial score (nSPS) is 11.2. The van der Waals surface area contributed by atoms with E-state index < -0.39 is 0 Å². The third-order valence-corrected chi connectivity index (χ3v) is 4.95. The fourth-order valence-electron chi connectivity index (χ4n) is 2.95. The number of hydrogen-bond acceptors (Lipinski definition) is 4. The number of nitrogens with zero attached hydrogens (tertiary/aromatic N) is 1. The van der Waals surface area contributed by atoms with Crippen LogP contribution in [0, 0.1) is 0 Å². The molecule has 0 unspecified atom stereocenters. The summed E-state index contributed by atoms with van der Waals surface area (Å²) in [7, 11) is 3.71. The minimum atomic E-state index is -0.0270. The molecule has 0 amide bonds. The second-order valence-corrected chi connectivity index (χ2v) is 6.92. The van der Waals surface area contributed by atoms with Crippen molar-refractivity contribution < 1.29 is 4.74 Å². The number of nitrogens with one attached hydrogen (secondary N) is 1. The van der Waals surface area contributed by atoms with E-state index in [1.807, 2.05) is 43.6 Å². The molecule has 0 aliphatic rings. The van der Waals surface area contributed by atoms with E-state index in [9.17, 15) is 4.79 Å². The Labute approximate surface area is 151 Å². The van der Waals surface area contributed by atoms with E-state index in [0.717, 1.165) is 39.2 Å². The van der Waals surface area contributed by atoms with Crippen molar-refractivity contribution in [3.8, 4) is 5.75 Å². The molecule has 0 saturated heterocycles. The molecule has 2 aromatic carbocycles. The van der Waals surface area contributed by atoms with Gasteiger partial charge in [-0.2, -0.15) is 0 Å². The van der Waals surface area contributed by atoms with Gasteiger partial charge in [0.1, 0.15) is 5.75 Å². The lowest BCUT2D eigenvalue weighted by atomic mass is 10.1. The van der Waals surface area contributed by atoms with Crippen LogP contribution in [-0.2, 0) is 13.1 Å². The molecule has 0 fully saturated rings. The van der Waals surface area contributed by atoms with Crippen LogP contribution in [0.25, 0.3) is 10.9 Å². The van der Waals surface area contributed by atoms with E-state index >= 15 is 0 Å². The van der Waals surface area contributed by atoms with Crippen LogP contribution < -0.4 is 10.3 Å². The fraction of sp³-hybridized carbons (Fsp3) is 0.250. The van der Waals surface area contributed by atoms with Gasteiger partial charge in [-0.15, -0.1) is 11.8 Å². The van der Waals surface area contributed by atoms with Crippen molar-refractivity contribution >= 4 is 22.7 Å². The molecule has 130 valence electrons. The number of aromatic nitrogens is 1. The molecule has 1 N–H and O–H groups in total. The molecular formula is C20H22N2O2S. The SMILES string of the molecule is COc1cc(CN(C)Cc2cc3ccccc3[nH]c2=O)ccc1SC. The summed E-state index contributed by atoms with van der Waals surface area (Å²) in [6, 6.07) is 16.1. The highest BCUT2D eigenvalue weighted by Gasteiger charge is 2.09. The zero-order chi connectivity index (χ0) is 17.8. The number of hydrogen-bond donors (Lipinski definition) is 1. The van der Waals surface area contributed by atoms with E-state index in [4.69, 9.17) is 4.74 Å².